The third kappa shape index (κ3) is 5.45. The number of aromatic nitrogens is 1. The lowest BCUT2D eigenvalue weighted by atomic mass is 10.0. The van der Waals surface area contributed by atoms with Crippen LogP contribution in [0.3, 0.4) is 0 Å². The molecule has 3 N–H and O–H groups in total. The summed E-state index contributed by atoms with van der Waals surface area (Å²) in [7, 11) is 0. The maximum atomic E-state index is 13.6. The second-order valence-corrected chi connectivity index (χ2v) is 9.80. The molecule has 3 aliphatic rings. The number of aryl methyl sites for hydroxylation is 1. The number of esters is 1. The number of aliphatic hydroxyl groups is 1. The summed E-state index contributed by atoms with van der Waals surface area (Å²) in [6.45, 7) is 3.52. The summed E-state index contributed by atoms with van der Waals surface area (Å²) in [4.78, 5) is 53.8. The summed E-state index contributed by atoms with van der Waals surface area (Å²) < 4.78 is 10.2. The van der Waals surface area contributed by atoms with E-state index in [9.17, 15) is 24.3 Å². The van der Waals surface area contributed by atoms with E-state index in [1.54, 1.807) is 13.8 Å². The molecule has 11 nitrogen and oxygen atoms in total. The van der Waals surface area contributed by atoms with E-state index in [1.807, 2.05) is 12.2 Å². The number of rotatable bonds is 4. The highest BCUT2D eigenvalue weighted by Gasteiger charge is 2.62. The van der Waals surface area contributed by atoms with Gasteiger partial charge in [0, 0.05) is 24.9 Å². The highest BCUT2D eigenvalue weighted by molar-refractivity contribution is 5.98. The number of nitrogens with zero attached hydrogens (tertiary/aromatic N) is 2. The van der Waals surface area contributed by atoms with Gasteiger partial charge in [-0.25, -0.2) is 4.79 Å². The van der Waals surface area contributed by atoms with Crippen LogP contribution in [-0.2, 0) is 19.1 Å². The van der Waals surface area contributed by atoms with Gasteiger partial charge in [-0.1, -0.05) is 30.2 Å². The Hall–Kier alpha value is -3.21. The second kappa shape index (κ2) is 10.8. The molecule has 3 amide bonds. The largest absolute Gasteiger partial charge is 0.464 e. The van der Waals surface area contributed by atoms with Crippen LogP contribution in [0.1, 0.15) is 68.1 Å². The minimum absolute atomic E-state index is 0.0396. The fourth-order valence-corrected chi connectivity index (χ4v) is 5.03. The lowest BCUT2D eigenvalue weighted by Gasteiger charge is -2.29. The fraction of sp³-hybridized carbons (Fsp3) is 0.640. The third-order valence-electron chi connectivity index (χ3n) is 7.06. The maximum absolute atomic E-state index is 13.6. The monoisotopic (exact) mass is 502 g/mol. The van der Waals surface area contributed by atoms with E-state index in [2.05, 4.69) is 15.8 Å². The number of hydrogen-bond donors (Lipinski definition) is 3. The molecule has 36 heavy (non-hydrogen) atoms. The van der Waals surface area contributed by atoms with E-state index < -0.39 is 47.4 Å². The van der Waals surface area contributed by atoms with Crippen LogP contribution in [0, 0.1) is 12.8 Å². The van der Waals surface area contributed by atoms with Crippen LogP contribution in [0.2, 0.25) is 0 Å². The molecule has 1 aromatic rings. The average molecular weight is 503 g/mol. The topological polar surface area (TPSA) is 151 Å². The van der Waals surface area contributed by atoms with Gasteiger partial charge in [-0.05, 0) is 39.5 Å². The summed E-state index contributed by atoms with van der Waals surface area (Å²) >= 11 is 0. The zero-order chi connectivity index (χ0) is 25.9. The molecule has 2 fully saturated rings. The molecule has 0 spiro atoms. The fourth-order valence-electron chi connectivity index (χ4n) is 5.03. The first-order valence-corrected chi connectivity index (χ1v) is 12.6. The Kier molecular flexibility index (Phi) is 7.77. The molecule has 0 bridgehead atoms. The molecular weight excluding hydrogens is 468 g/mol. The number of amides is 3. The zero-order valence-corrected chi connectivity index (χ0v) is 20.7. The van der Waals surface area contributed by atoms with Gasteiger partial charge in [0.05, 0.1) is 12.7 Å². The number of carbonyl (C=O) groups is 4. The first-order chi connectivity index (χ1) is 17.2. The molecule has 2 aliphatic heterocycles. The minimum atomic E-state index is -1.16. The van der Waals surface area contributed by atoms with Gasteiger partial charge in [-0.2, -0.15) is 0 Å². The molecule has 4 rings (SSSR count). The molecule has 0 aromatic carbocycles. The molecule has 1 unspecified atom stereocenters. The van der Waals surface area contributed by atoms with E-state index >= 15 is 0 Å². The molecule has 11 heteroatoms. The van der Waals surface area contributed by atoms with Gasteiger partial charge in [-0.15, -0.1) is 0 Å². The van der Waals surface area contributed by atoms with Crippen LogP contribution in [0.15, 0.2) is 22.7 Å². The summed E-state index contributed by atoms with van der Waals surface area (Å²) in [5.74, 6) is -1.73. The van der Waals surface area contributed by atoms with Crippen LogP contribution in [-0.4, -0.2) is 75.7 Å². The summed E-state index contributed by atoms with van der Waals surface area (Å²) in [5.41, 5.74) is -1.10. The van der Waals surface area contributed by atoms with Crippen LogP contribution < -0.4 is 10.6 Å². The van der Waals surface area contributed by atoms with Gasteiger partial charge in [0.25, 0.3) is 5.91 Å². The summed E-state index contributed by atoms with van der Waals surface area (Å²) in [6, 6.07) is -0.388. The van der Waals surface area contributed by atoms with Crippen molar-refractivity contribution >= 4 is 23.7 Å². The molecule has 5 atom stereocenters. The molecule has 1 saturated carbocycles. The number of hydrogen-bond acceptors (Lipinski definition) is 8. The van der Waals surface area contributed by atoms with Crippen LogP contribution in [0.25, 0.3) is 0 Å². The number of ether oxygens (including phenoxy) is 1. The Morgan fingerprint density at radius 2 is 2.14 bits per heavy atom. The Labute approximate surface area is 209 Å². The standard InChI is InChI=1S/C25H34N4O7/c1-3-35-24(34)25-13-16(25)9-7-5-4-6-8-10-18(26-21(31)19-11-15(2)36-28-19)23(33)29-14-17(30)12-20(29)22(32)27-25/h7,9,11,16-18,20,30H,3-6,8,10,12-14H2,1-2H3,(H,26,31)(H,27,32)/b9-7-/t16?,17-,18+,20+,25-/m1/s1. The Morgan fingerprint density at radius 1 is 1.33 bits per heavy atom. The van der Waals surface area contributed by atoms with Crippen LogP contribution in [0.5, 0.6) is 0 Å². The van der Waals surface area contributed by atoms with Gasteiger partial charge < -0.3 is 29.9 Å². The molecule has 1 aliphatic carbocycles. The predicted molar refractivity (Wildman–Crippen MR) is 126 cm³/mol. The number of fused-ring (bicyclic) bond motifs is 2. The van der Waals surface area contributed by atoms with Crippen molar-refractivity contribution in [3.63, 3.8) is 0 Å². The quantitative estimate of drug-likeness (QED) is 0.408. The minimum Gasteiger partial charge on any atom is -0.464 e. The molecule has 0 radical (unpaired) electrons. The number of nitrogens with one attached hydrogen (secondary N) is 2. The third-order valence-corrected chi connectivity index (χ3v) is 7.06. The Bertz CT molecular complexity index is 1040. The SMILES string of the molecule is CCOC(=O)[C@@]12CC1/C=C\CCCCC[C@H](NC(=O)c1cc(C)on1)C(=O)N1C[C@H](O)C[C@H]1C(=O)N2. The van der Waals surface area contributed by atoms with Crippen molar-refractivity contribution in [3.05, 3.63) is 29.7 Å². The van der Waals surface area contributed by atoms with E-state index in [4.69, 9.17) is 9.26 Å². The maximum Gasteiger partial charge on any atom is 0.332 e. The van der Waals surface area contributed by atoms with Crippen molar-refractivity contribution in [3.8, 4) is 0 Å². The smallest absolute Gasteiger partial charge is 0.332 e. The van der Waals surface area contributed by atoms with Crippen molar-refractivity contribution in [1.82, 2.24) is 20.7 Å². The Balaban J connectivity index is 1.58. The average Bonchev–Trinajstić information content (AvgIpc) is 3.13. The lowest BCUT2D eigenvalue weighted by Crippen LogP contribution is -2.56. The van der Waals surface area contributed by atoms with Crippen LogP contribution >= 0.6 is 0 Å². The second-order valence-electron chi connectivity index (χ2n) is 9.80. The van der Waals surface area contributed by atoms with Crippen molar-refractivity contribution in [2.24, 2.45) is 5.92 Å². The highest BCUT2D eigenvalue weighted by Crippen LogP contribution is 2.46. The molecule has 1 saturated heterocycles. The molecular formula is C25H34N4O7. The summed E-state index contributed by atoms with van der Waals surface area (Å²) in [6.07, 6.45) is 7.11. The van der Waals surface area contributed by atoms with Gasteiger partial charge >= 0.3 is 5.97 Å². The molecule has 196 valence electrons. The van der Waals surface area contributed by atoms with Crippen molar-refractivity contribution < 1.29 is 33.5 Å². The molecule has 3 heterocycles. The van der Waals surface area contributed by atoms with E-state index in [-0.39, 0.29) is 31.2 Å². The van der Waals surface area contributed by atoms with Gasteiger partial charge in [-0.3, -0.25) is 14.4 Å². The van der Waals surface area contributed by atoms with Crippen molar-refractivity contribution in [2.45, 2.75) is 82.5 Å². The van der Waals surface area contributed by atoms with Crippen molar-refractivity contribution in [1.29, 1.82) is 0 Å². The van der Waals surface area contributed by atoms with Gasteiger partial charge in [0.15, 0.2) is 5.69 Å². The van der Waals surface area contributed by atoms with Crippen LogP contribution in [0.4, 0.5) is 0 Å². The van der Waals surface area contributed by atoms with E-state index in [0.717, 1.165) is 19.3 Å². The first-order valence-electron chi connectivity index (χ1n) is 12.6. The number of carbonyl (C=O) groups excluding carboxylic acids is 4. The lowest BCUT2D eigenvalue weighted by molar-refractivity contribution is -0.150. The van der Waals surface area contributed by atoms with E-state index in [0.29, 0.717) is 25.0 Å². The summed E-state index contributed by atoms with van der Waals surface area (Å²) in [5, 5.41) is 19.6. The first kappa shape index (κ1) is 25.9. The normalized spacial score (nSPS) is 31.8. The van der Waals surface area contributed by atoms with Crippen molar-refractivity contribution in [2.75, 3.05) is 13.2 Å². The molecule has 1 aromatic heterocycles. The highest BCUT2D eigenvalue weighted by atomic mass is 16.5. The van der Waals surface area contributed by atoms with Gasteiger partial charge in [0.2, 0.25) is 11.8 Å². The Morgan fingerprint density at radius 3 is 2.86 bits per heavy atom. The zero-order valence-electron chi connectivity index (χ0n) is 20.7. The predicted octanol–water partition coefficient (Wildman–Crippen LogP) is 1.00. The number of allylic oxidation sites excluding steroid dienone is 1. The van der Waals surface area contributed by atoms with Gasteiger partial charge in [0.1, 0.15) is 23.4 Å². The number of aliphatic hydroxyl groups excluding tert-OH is 1. The van der Waals surface area contributed by atoms with E-state index in [1.165, 1.54) is 11.0 Å².